The van der Waals surface area contributed by atoms with Crippen molar-refractivity contribution in [3.8, 4) is 0 Å². The molecule has 1 aromatic heterocycles. The number of carbonyl (C=O) groups excluding carboxylic acids is 1. The fourth-order valence-corrected chi connectivity index (χ4v) is 3.60. The molecular formula is C18H25N3O. The van der Waals surface area contributed by atoms with Crippen LogP contribution in [-0.4, -0.2) is 33.9 Å². The molecule has 0 radical (unpaired) electrons. The van der Waals surface area contributed by atoms with Crippen molar-refractivity contribution in [1.29, 1.82) is 0 Å². The Balaban J connectivity index is 1.76. The lowest BCUT2D eigenvalue weighted by Gasteiger charge is -2.21. The van der Waals surface area contributed by atoms with E-state index >= 15 is 0 Å². The normalized spacial score (nSPS) is 24.4. The van der Waals surface area contributed by atoms with Crippen LogP contribution in [0.3, 0.4) is 0 Å². The van der Waals surface area contributed by atoms with Crippen molar-refractivity contribution in [1.82, 2.24) is 14.9 Å². The van der Waals surface area contributed by atoms with Gasteiger partial charge in [0.2, 0.25) is 0 Å². The van der Waals surface area contributed by atoms with Gasteiger partial charge in [-0.3, -0.25) is 4.79 Å². The quantitative estimate of drug-likeness (QED) is 0.787. The number of aromatic nitrogens is 2. The standard InChI is InChI=1S/C18H25N3O/c1-11(2)17-19-8-16(13(4)20-17)18(22)21-9-14-6-5-12(3)7-15(14)10-21/h5,8,11,14-15H,6-7,9-10H2,1-4H3/t14-,15+/m1/s1. The van der Waals surface area contributed by atoms with E-state index in [1.165, 1.54) is 5.57 Å². The van der Waals surface area contributed by atoms with Gasteiger partial charge >= 0.3 is 0 Å². The Labute approximate surface area is 132 Å². The topological polar surface area (TPSA) is 46.1 Å². The smallest absolute Gasteiger partial charge is 0.257 e. The zero-order valence-electron chi connectivity index (χ0n) is 14.0. The molecule has 2 atom stereocenters. The monoisotopic (exact) mass is 299 g/mol. The van der Waals surface area contributed by atoms with Crippen molar-refractivity contribution in [2.45, 2.75) is 46.5 Å². The Morgan fingerprint density at radius 1 is 1.27 bits per heavy atom. The molecule has 3 rings (SSSR count). The summed E-state index contributed by atoms with van der Waals surface area (Å²) in [6.07, 6.45) is 6.30. The third-order valence-electron chi connectivity index (χ3n) is 4.96. The molecule has 4 heteroatoms. The predicted octanol–water partition coefficient (Wildman–Crippen LogP) is 3.34. The van der Waals surface area contributed by atoms with Crippen LogP contribution in [0.4, 0.5) is 0 Å². The first-order valence-corrected chi connectivity index (χ1v) is 8.24. The molecule has 22 heavy (non-hydrogen) atoms. The highest BCUT2D eigenvalue weighted by Crippen LogP contribution is 2.36. The van der Waals surface area contributed by atoms with Crippen LogP contribution in [0.2, 0.25) is 0 Å². The molecule has 0 saturated carbocycles. The molecule has 1 aliphatic heterocycles. The van der Waals surface area contributed by atoms with Crippen LogP contribution < -0.4 is 0 Å². The molecule has 1 amide bonds. The number of likely N-dealkylation sites (tertiary alicyclic amines) is 1. The first-order chi connectivity index (χ1) is 10.5. The lowest BCUT2D eigenvalue weighted by molar-refractivity contribution is 0.0782. The second kappa shape index (κ2) is 5.82. The highest BCUT2D eigenvalue weighted by molar-refractivity contribution is 5.95. The average molecular weight is 299 g/mol. The Bertz CT molecular complexity index is 621. The third kappa shape index (κ3) is 2.79. The van der Waals surface area contributed by atoms with Gasteiger partial charge in [-0.05, 0) is 38.5 Å². The van der Waals surface area contributed by atoms with Gasteiger partial charge in [0.1, 0.15) is 5.82 Å². The van der Waals surface area contributed by atoms with E-state index in [-0.39, 0.29) is 11.8 Å². The zero-order chi connectivity index (χ0) is 15.9. The zero-order valence-corrected chi connectivity index (χ0v) is 14.0. The van der Waals surface area contributed by atoms with E-state index in [0.717, 1.165) is 37.4 Å². The van der Waals surface area contributed by atoms with Crippen molar-refractivity contribution in [2.75, 3.05) is 13.1 Å². The lowest BCUT2D eigenvalue weighted by Crippen LogP contribution is -2.30. The van der Waals surface area contributed by atoms with Crippen molar-refractivity contribution < 1.29 is 4.79 Å². The summed E-state index contributed by atoms with van der Waals surface area (Å²) in [6.45, 7) is 9.99. The van der Waals surface area contributed by atoms with E-state index in [1.807, 2.05) is 11.8 Å². The molecule has 1 fully saturated rings. The molecule has 2 heterocycles. The van der Waals surface area contributed by atoms with Gasteiger partial charge in [-0.2, -0.15) is 0 Å². The van der Waals surface area contributed by atoms with Crippen molar-refractivity contribution in [2.24, 2.45) is 11.8 Å². The number of allylic oxidation sites excluding steroid dienone is 2. The summed E-state index contributed by atoms with van der Waals surface area (Å²) >= 11 is 0. The van der Waals surface area contributed by atoms with E-state index in [0.29, 0.717) is 17.4 Å². The second-order valence-electron chi connectivity index (χ2n) is 7.10. The highest BCUT2D eigenvalue weighted by atomic mass is 16.2. The van der Waals surface area contributed by atoms with Crippen LogP contribution in [0.25, 0.3) is 0 Å². The molecule has 1 aliphatic carbocycles. The molecule has 0 unspecified atom stereocenters. The molecule has 1 aromatic rings. The number of nitrogens with zero attached hydrogens (tertiary/aromatic N) is 3. The molecule has 0 bridgehead atoms. The van der Waals surface area contributed by atoms with Gasteiger partial charge in [0.05, 0.1) is 11.3 Å². The number of rotatable bonds is 2. The Hall–Kier alpha value is -1.71. The van der Waals surface area contributed by atoms with Gasteiger partial charge in [0.25, 0.3) is 5.91 Å². The molecule has 2 aliphatic rings. The number of carbonyl (C=O) groups is 1. The summed E-state index contributed by atoms with van der Waals surface area (Å²) in [5, 5.41) is 0. The van der Waals surface area contributed by atoms with Crippen LogP contribution in [0.15, 0.2) is 17.8 Å². The van der Waals surface area contributed by atoms with Crippen LogP contribution >= 0.6 is 0 Å². The summed E-state index contributed by atoms with van der Waals surface area (Å²) in [4.78, 5) is 23.7. The fourth-order valence-electron chi connectivity index (χ4n) is 3.60. The maximum atomic E-state index is 12.8. The maximum Gasteiger partial charge on any atom is 0.257 e. The molecule has 4 nitrogen and oxygen atoms in total. The number of hydrogen-bond acceptors (Lipinski definition) is 3. The molecule has 0 spiro atoms. The Kier molecular flexibility index (Phi) is 4.02. The van der Waals surface area contributed by atoms with Crippen molar-refractivity contribution in [3.05, 3.63) is 34.9 Å². The summed E-state index contributed by atoms with van der Waals surface area (Å²) in [5.74, 6) is 2.45. The van der Waals surface area contributed by atoms with Gasteiger partial charge in [-0.15, -0.1) is 0 Å². The minimum absolute atomic E-state index is 0.0971. The minimum Gasteiger partial charge on any atom is -0.338 e. The lowest BCUT2D eigenvalue weighted by atomic mass is 9.83. The average Bonchev–Trinajstić information content (AvgIpc) is 2.89. The first kappa shape index (κ1) is 15.2. The third-order valence-corrected chi connectivity index (χ3v) is 4.96. The maximum absolute atomic E-state index is 12.8. The van der Waals surface area contributed by atoms with Gasteiger partial charge in [0.15, 0.2) is 0 Å². The van der Waals surface area contributed by atoms with Gasteiger partial charge in [-0.25, -0.2) is 9.97 Å². The van der Waals surface area contributed by atoms with E-state index in [1.54, 1.807) is 6.20 Å². The van der Waals surface area contributed by atoms with Crippen LogP contribution in [-0.2, 0) is 0 Å². The van der Waals surface area contributed by atoms with E-state index in [9.17, 15) is 4.79 Å². The minimum atomic E-state index is 0.0971. The van der Waals surface area contributed by atoms with Gasteiger partial charge < -0.3 is 4.90 Å². The molecule has 0 aromatic carbocycles. The molecular weight excluding hydrogens is 274 g/mol. The second-order valence-corrected chi connectivity index (χ2v) is 7.10. The van der Waals surface area contributed by atoms with Crippen molar-refractivity contribution in [3.63, 3.8) is 0 Å². The fraction of sp³-hybridized carbons (Fsp3) is 0.611. The number of fused-ring (bicyclic) bond motifs is 1. The summed E-state index contributed by atoms with van der Waals surface area (Å²) in [5.41, 5.74) is 2.93. The molecule has 0 N–H and O–H groups in total. The Morgan fingerprint density at radius 2 is 2.00 bits per heavy atom. The Morgan fingerprint density at radius 3 is 2.68 bits per heavy atom. The van der Waals surface area contributed by atoms with E-state index in [4.69, 9.17) is 0 Å². The van der Waals surface area contributed by atoms with E-state index in [2.05, 4.69) is 36.8 Å². The summed E-state index contributed by atoms with van der Waals surface area (Å²) in [7, 11) is 0. The number of aryl methyl sites for hydroxylation is 1. The number of hydrogen-bond donors (Lipinski definition) is 0. The molecule has 1 saturated heterocycles. The van der Waals surface area contributed by atoms with Crippen LogP contribution in [0.5, 0.6) is 0 Å². The van der Waals surface area contributed by atoms with E-state index < -0.39 is 0 Å². The largest absolute Gasteiger partial charge is 0.338 e. The summed E-state index contributed by atoms with van der Waals surface area (Å²) < 4.78 is 0. The van der Waals surface area contributed by atoms with Crippen LogP contribution in [0.1, 0.15) is 61.4 Å². The first-order valence-electron chi connectivity index (χ1n) is 8.24. The number of amides is 1. The highest BCUT2D eigenvalue weighted by Gasteiger charge is 2.37. The van der Waals surface area contributed by atoms with Gasteiger partial charge in [0, 0.05) is 25.2 Å². The van der Waals surface area contributed by atoms with Crippen molar-refractivity contribution >= 4 is 5.91 Å². The van der Waals surface area contributed by atoms with Gasteiger partial charge in [-0.1, -0.05) is 25.5 Å². The van der Waals surface area contributed by atoms with Crippen LogP contribution in [0, 0.1) is 18.8 Å². The predicted molar refractivity (Wildman–Crippen MR) is 86.7 cm³/mol. The summed E-state index contributed by atoms with van der Waals surface area (Å²) in [6, 6.07) is 0. The SMILES string of the molecule is CC1=CC[C@@H]2CN(C(=O)c3cnc(C(C)C)nc3C)C[C@@H]2C1. The molecule has 118 valence electrons.